The third-order valence-corrected chi connectivity index (χ3v) is 5.37. The number of carbonyl (C=O) groups is 1. The van der Waals surface area contributed by atoms with Gasteiger partial charge < -0.3 is 15.0 Å². The fraction of sp³-hybridized carbons (Fsp3) is 0.650. The Balaban J connectivity index is 1.73. The lowest BCUT2D eigenvalue weighted by atomic mass is 10.0. The van der Waals surface area contributed by atoms with Gasteiger partial charge in [0, 0.05) is 50.2 Å². The molecule has 0 aromatic carbocycles. The zero-order chi connectivity index (χ0) is 18.5. The number of carbonyl (C=O) groups excluding carboxylic acids is 1. The summed E-state index contributed by atoms with van der Waals surface area (Å²) in [6, 6.07) is 0.403. The van der Waals surface area contributed by atoms with Crippen LogP contribution in [0, 0.1) is 5.92 Å². The predicted octanol–water partition coefficient (Wildman–Crippen LogP) is 2.60. The topological polar surface area (TPSA) is 67.3 Å². The normalized spacial score (nSPS) is 22.5. The Labute approximate surface area is 156 Å². The molecule has 2 aliphatic rings. The molecule has 1 aliphatic heterocycles. The molecule has 6 heteroatoms. The van der Waals surface area contributed by atoms with Crippen molar-refractivity contribution in [3.8, 4) is 0 Å². The largest absolute Gasteiger partial charge is 0.384 e. The van der Waals surface area contributed by atoms with Crippen molar-refractivity contribution in [1.82, 2.24) is 14.9 Å². The Morgan fingerprint density at radius 3 is 2.88 bits per heavy atom. The molecule has 0 bridgehead atoms. The zero-order valence-corrected chi connectivity index (χ0v) is 16.1. The van der Waals surface area contributed by atoms with Crippen LogP contribution >= 0.6 is 0 Å². The van der Waals surface area contributed by atoms with E-state index in [1.165, 1.54) is 18.4 Å². The second kappa shape index (κ2) is 8.62. The Hall–Kier alpha value is -1.95. The van der Waals surface area contributed by atoms with Gasteiger partial charge in [0.15, 0.2) is 0 Å². The van der Waals surface area contributed by atoms with E-state index >= 15 is 0 Å². The van der Waals surface area contributed by atoms with Crippen molar-refractivity contribution in [2.45, 2.75) is 52.0 Å². The summed E-state index contributed by atoms with van der Waals surface area (Å²) in [5.41, 5.74) is 3.27. The van der Waals surface area contributed by atoms with Crippen LogP contribution < -0.4 is 5.32 Å². The van der Waals surface area contributed by atoms with Crippen LogP contribution in [0.3, 0.4) is 0 Å². The fourth-order valence-corrected chi connectivity index (χ4v) is 4.03. The number of nitrogens with zero attached hydrogens (tertiary/aromatic N) is 3. The van der Waals surface area contributed by atoms with E-state index in [9.17, 15) is 4.79 Å². The van der Waals surface area contributed by atoms with Gasteiger partial charge in [-0.25, -0.2) is 9.97 Å². The van der Waals surface area contributed by atoms with Gasteiger partial charge >= 0.3 is 0 Å². The van der Waals surface area contributed by atoms with Crippen LogP contribution in [0.4, 0.5) is 5.82 Å². The van der Waals surface area contributed by atoms with Crippen molar-refractivity contribution < 1.29 is 9.53 Å². The molecule has 1 saturated carbocycles. The first-order valence-corrected chi connectivity index (χ1v) is 9.60. The van der Waals surface area contributed by atoms with E-state index < -0.39 is 0 Å². The monoisotopic (exact) mass is 358 g/mol. The number of amides is 1. The summed E-state index contributed by atoms with van der Waals surface area (Å²) in [7, 11) is 1.77. The quantitative estimate of drug-likeness (QED) is 0.820. The minimum Gasteiger partial charge on any atom is -0.384 e. The first kappa shape index (κ1) is 18.8. The third kappa shape index (κ3) is 4.41. The molecule has 142 valence electrons. The van der Waals surface area contributed by atoms with Crippen LogP contribution in [0.2, 0.25) is 0 Å². The average molecular weight is 358 g/mol. The van der Waals surface area contributed by atoms with Crippen molar-refractivity contribution in [2.24, 2.45) is 5.92 Å². The van der Waals surface area contributed by atoms with Crippen LogP contribution in [-0.2, 0) is 22.4 Å². The number of hydrogen-bond donors (Lipinski definition) is 1. The van der Waals surface area contributed by atoms with Crippen molar-refractivity contribution in [1.29, 1.82) is 0 Å². The fourth-order valence-electron chi connectivity index (χ4n) is 4.03. The van der Waals surface area contributed by atoms with Gasteiger partial charge in [0.05, 0.1) is 12.3 Å². The molecule has 1 fully saturated rings. The van der Waals surface area contributed by atoms with Crippen molar-refractivity contribution in [2.75, 3.05) is 32.1 Å². The highest BCUT2D eigenvalue weighted by molar-refractivity contribution is 5.88. The second-order valence-corrected chi connectivity index (χ2v) is 7.59. The van der Waals surface area contributed by atoms with E-state index in [0.29, 0.717) is 25.0 Å². The molecule has 1 aliphatic carbocycles. The van der Waals surface area contributed by atoms with Gasteiger partial charge in [0.2, 0.25) is 5.91 Å². The zero-order valence-electron chi connectivity index (χ0n) is 16.1. The number of anilines is 1. The maximum atomic E-state index is 12.4. The molecular formula is C20H30N4O2. The number of hydrogen-bond acceptors (Lipinski definition) is 5. The summed E-state index contributed by atoms with van der Waals surface area (Å²) in [5, 5.41) is 3.66. The first-order chi connectivity index (χ1) is 12.6. The van der Waals surface area contributed by atoms with E-state index in [0.717, 1.165) is 43.0 Å². The smallest absolute Gasteiger partial charge is 0.246 e. The lowest BCUT2D eigenvalue weighted by Crippen LogP contribution is -2.32. The van der Waals surface area contributed by atoms with Crippen LogP contribution in [0.25, 0.3) is 0 Å². The van der Waals surface area contributed by atoms with Gasteiger partial charge in [0.25, 0.3) is 0 Å². The maximum absolute atomic E-state index is 12.4. The molecule has 3 rings (SSSR count). The molecule has 1 aromatic heterocycles. The predicted molar refractivity (Wildman–Crippen MR) is 102 cm³/mol. The number of ether oxygens (including phenoxy) is 1. The highest BCUT2D eigenvalue weighted by Gasteiger charge is 2.29. The number of aromatic nitrogens is 2. The molecule has 0 saturated heterocycles. The van der Waals surface area contributed by atoms with Crippen molar-refractivity contribution in [3.63, 3.8) is 0 Å². The number of fused-ring (bicyclic) bond motifs is 1. The Morgan fingerprint density at radius 1 is 1.31 bits per heavy atom. The second-order valence-electron chi connectivity index (χ2n) is 7.59. The summed E-state index contributed by atoms with van der Waals surface area (Å²) in [5.74, 6) is 1.57. The van der Waals surface area contributed by atoms with E-state index in [1.54, 1.807) is 19.5 Å². The summed E-state index contributed by atoms with van der Waals surface area (Å²) in [6.45, 7) is 6.12. The highest BCUT2D eigenvalue weighted by atomic mass is 16.5. The Bertz CT molecular complexity index is 670. The molecule has 26 heavy (non-hydrogen) atoms. The standard InChI is InChI=1S/C20H30N4O2/c1-14(2)11-19(25)24-9-7-16-18(8-10-24)21-13-22-20(16)23-17-6-4-5-15(17)12-26-3/h11,13,15,17H,4-10,12H2,1-3H3,(H,21,22,23). The van der Waals surface area contributed by atoms with Gasteiger partial charge in [-0.15, -0.1) is 0 Å². The van der Waals surface area contributed by atoms with Gasteiger partial charge in [-0.3, -0.25) is 4.79 Å². The Morgan fingerprint density at radius 2 is 2.12 bits per heavy atom. The number of allylic oxidation sites excluding steroid dienone is 1. The maximum Gasteiger partial charge on any atom is 0.246 e. The van der Waals surface area contributed by atoms with Gasteiger partial charge in [-0.1, -0.05) is 12.0 Å². The Kier molecular flexibility index (Phi) is 6.25. The third-order valence-electron chi connectivity index (χ3n) is 5.37. The van der Waals surface area contributed by atoms with E-state index in [4.69, 9.17) is 4.74 Å². The first-order valence-electron chi connectivity index (χ1n) is 9.60. The molecule has 1 aromatic rings. The highest BCUT2D eigenvalue weighted by Crippen LogP contribution is 2.30. The van der Waals surface area contributed by atoms with Crippen LogP contribution in [0.1, 0.15) is 44.4 Å². The minimum atomic E-state index is 0.0937. The van der Waals surface area contributed by atoms with Crippen LogP contribution in [0.5, 0.6) is 0 Å². The van der Waals surface area contributed by atoms with Gasteiger partial charge in [-0.05, 0) is 33.1 Å². The molecule has 0 spiro atoms. The molecule has 2 heterocycles. The summed E-state index contributed by atoms with van der Waals surface area (Å²) in [4.78, 5) is 23.3. The van der Waals surface area contributed by atoms with Crippen LogP contribution in [0.15, 0.2) is 18.0 Å². The minimum absolute atomic E-state index is 0.0937. The van der Waals surface area contributed by atoms with E-state index in [-0.39, 0.29) is 5.91 Å². The molecule has 2 unspecified atom stereocenters. The lowest BCUT2D eigenvalue weighted by molar-refractivity contribution is -0.126. The van der Waals surface area contributed by atoms with Crippen molar-refractivity contribution in [3.05, 3.63) is 29.2 Å². The molecule has 1 N–H and O–H groups in total. The van der Waals surface area contributed by atoms with E-state index in [1.807, 2.05) is 18.7 Å². The molecule has 6 nitrogen and oxygen atoms in total. The summed E-state index contributed by atoms with van der Waals surface area (Å²) >= 11 is 0. The molecule has 1 amide bonds. The number of rotatable bonds is 5. The van der Waals surface area contributed by atoms with Crippen LogP contribution in [-0.4, -0.2) is 53.6 Å². The summed E-state index contributed by atoms with van der Waals surface area (Å²) < 4.78 is 5.38. The average Bonchev–Trinajstić information content (AvgIpc) is 2.90. The number of nitrogens with one attached hydrogen (secondary N) is 1. The van der Waals surface area contributed by atoms with Crippen molar-refractivity contribution >= 4 is 11.7 Å². The van der Waals surface area contributed by atoms with Gasteiger partial charge in [0.1, 0.15) is 12.1 Å². The lowest BCUT2D eigenvalue weighted by Gasteiger charge is -2.22. The molecule has 0 radical (unpaired) electrons. The molecular weight excluding hydrogens is 328 g/mol. The van der Waals surface area contributed by atoms with Gasteiger partial charge in [-0.2, -0.15) is 0 Å². The number of methoxy groups -OCH3 is 1. The van der Waals surface area contributed by atoms with E-state index in [2.05, 4.69) is 15.3 Å². The summed E-state index contributed by atoms with van der Waals surface area (Å²) in [6.07, 6.45) is 8.51. The SMILES string of the molecule is COCC1CCCC1Nc1ncnc2c1CCN(C(=O)C=C(C)C)CC2. The molecule has 2 atom stereocenters.